The lowest BCUT2D eigenvalue weighted by Gasteiger charge is -2.43. The van der Waals surface area contributed by atoms with E-state index in [1.165, 1.54) is 30.9 Å². The topological polar surface area (TPSA) is 42.6 Å². The second kappa shape index (κ2) is 6.91. The van der Waals surface area contributed by atoms with Gasteiger partial charge in [-0.15, -0.1) is 0 Å². The van der Waals surface area contributed by atoms with Crippen LogP contribution in [0.4, 0.5) is 4.39 Å². The lowest BCUT2D eigenvalue weighted by Crippen LogP contribution is -2.55. The first-order valence-electron chi connectivity index (χ1n) is 10.2. The van der Waals surface area contributed by atoms with Gasteiger partial charge >= 0.3 is 0 Å². The van der Waals surface area contributed by atoms with Crippen LogP contribution in [0.25, 0.3) is 10.9 Å². The summed E-state index contributed by atoms with van der Waals surface area (Å²) in [5.41, 5.74) is 2.87. The Hall–Kier alpha value is -1.92. The van der Waals surface area contributed by atoms with E-state index < -0.39 is 0 Å². The van der Waals surface area contributed by atoms with E-state index in [2.05, 4.69) is 14.8 Å². The molecule has 1 N–H and O–H groups in total. The van der Waals surface area contributed by atoms with Crippen LogP contribution in [0, 0.1) is 5.82 Å². The van der Waals surface area contributed by atoms with Crippen molar-refractivity contribution in [1.29, 1.82) is 0 Å². The number of aromatic nitrogens is 1. The summed E-state index contributed by atoms with van der Waals surface area (Å²) >= 11 is 0. The van der Waals surface area contributed by atoms with Crippen molar-refractivity contribution in [1.82, 2.24) is 19.7 Å². The Morgan fingerprint density at radius 1 is 1.15 bits per heavy atom. The van der Waals surface area contributed by atoms with Gasteiger partial charge in [0, 0.05) is 56.4 Å². The zero-order chi connectivity index (χ0) is 18.4. The van der Waals surface area contributed by atoms with Crippen molar-refractivity contribution < 1.29 is 9.18 Å². The molecule has 5 rings (SSSR count). The van der Waals surface area contributed by atoms with Crippen LogP contribution in [0.2, 0.25) is 0 Å². The predicted molar refractivity (Wildman–Crippen MR) is 103 cm³/mol. The summed E-state index contributed by atoms with van der Waals surface area (Å²) in [6.45, 7) is 5.74. The molecule has 2 aromatic rings. The number of para-hydroxylation sites is 1. The number of rotatable bonds is 3. The summed E-state index contributed by atoms with van der Waals surface area (Å²) in [5.74, 6) is 0.0304. The molecule has 0 unspecified atom stereocenters. The van der Waals surface area contributed by atoms with Crippen LogP contribution < -0.4 is 0 Å². The molecule has 1 aromatic carbocycles. The molecule has 0 bridgehead atoms. The lowest BCUT2D eigenvalue weighted by atomic mass is 9.91. The summed E-state index contributed by atoms with van der Waals surface area (Å²) in [7, 11) is 0. The lowest BCUT2D eigenvalue weighted by molar-refractivity contribution is -0.135. The normalized spacial score (nSPS) is 22.0. The molecule has 1 amide bonds. The third kappa shape index (κ3) is 3.15. The second-order valence-corrected chi connectivity index (χ2v) is 8.21. The molecule has 3 aliphatic rings. The van der Waals surface area contributed by atoms with Gasteiger partial charge in [-0.3, -0.25) is 14.6 Å². The van der Waals surface area contributed by atoms with Crippen LogP contribution in [0.15, 0.2) is 18.2 Å². The van der Waals surface area contributed by atoms with E-state index in [1.54, 1.807) is 6.07 Å². The number of carbonyl (C=O) groups is 1. The minimum Gasteiger partial charge on any atom is -0.355 e. The molecule has 5 nitrogen and oxygen atoms in total. The van der Waals surface area contributed by atoms with Crippen LogP contribution in [0.3, 0.4) is 0 Å². The van der Waals surface area contributed by atoms with Gasteiger partial charge in [-0.25, -0.2) is 4.39 Å². The van der Waals surface area contributed by atoms with Gasteiger partial charge in [0.05, 0.1) is 12.1 Å². The van der Waals surface area contributed by atoms with Gasteiger partial charge in [-0.05, 0) is 30.9 Å². The molecule has 2 aliphatic heterocycles. The number of halogens is 1. The van der Waals surface area contributed by atoms with Gasteiger partial charge in [0.2, 0.25) is 5.91 Å². The van der Waals surface area contributed by atoms with E-state index in [9.17, 15) is 9.18 Å². The van der Waals surface area contributed by atoms with Crippen LogP contribution in [0.1, 0.15) is 30.5 Å². The number of benzene rings is 1. The summed E-state index contributed by atoms with van der Waals surface area (Å²) < 4.78 is 14.0. The molecular formula is C21H27FN4O. The Bertz CT molecular complexity index is 851. The standard InChI is InChI=1S/C21H27FN4O/c22-18-6-2-5-17-16-7-8-24(13-19(16)23-21(17)18)14-20(27)26-11-9-25(10-12-26)15-3-1-4-15/h2,5-6,15,23H,1,3-4,7-14H2. The van der Waals surface area contributed by atoms with Gasteiger partial charge in [-0.2, -0.15) is 0 Å². The second-order valence-electron chi connectivity index (χ2n) is 8.21. The molecule has 1 aromatic heterocycles. The molecule has 0 spiro atoms. The fourth-order valence-electron chi connectivity index (χ4n) is 4.80. The third-order valence-electron chi connectivity index (χ3n) is 6.66. The highest BCUT2D eigenvalue weighted by atomic mass is 19.1. The van der Waals surface area contributed by atoms with Crippen molar-refractivity contribution in [3.8, 4) is 0 Å². The number of piperazine rings is 1. The zero-order valence-corrected chi connectivity index (χ0v) is 15.7. The highest BCUT2D eigenvalue weighted by Crippen LogP contribution is 2.29. The highest BCUT2D eigenvalue weighted by molar-refractivity contribution is 5.85. The SMILES string of the molecule is O=C(CN1CCc2c([nH]c3c(F)cccc23)C1)N1CCN(C2CCC2)CC1. The first kappa shape index (κ1) is 17.2. The maximum Gasteiger partial charge on any atom is 0.236 e. The van der Waals surface area contributed by atoms with E-state index in [1.807, 2.05) is 11.0 Å². The summed E-state index contributed by atoms with van der Waals surface area (Å²) in [6, 6.07) is 6.01. The Balaban J connectivity index is 1.20. The highest BCUT2D eigenvalue weighted by Gasteiger charge is 2.30. The maximum absolute atomic E-state index is 14.0. The van der Waals surface area contributed by atoms with Gasteiger partial charge in [0.1, 0.15) is 5.82 Å². The molecule has 0 radical (unpaired) electrons. The van der Waals surface area contributed by atoms with E-state index in [0.29, 0.717) is 18.6 Å². The van der Waals surface area contributed by atoms with Crippen LogP contribution in [-0.2, 0) is 17.8 Å². The summed E-state index contributed by atoms with van der Waals surface area (Å²) in [5, 5.41) is 0.989. The number of carbonyl (C=O) groups excluding carboxylic acids is 1. The Labute approximate surface area is 159 Å². The van der Waals surface area contributed by atoms with Gasteiger partial charge < -0.3 is 9.88 Å². The molecule has 6 heteroatoms. The molecule has 0 atom stereocenters. The Kier molecular flexibility index (Phi) is 4.40. The average Bonchev–Trinajstić information content (AvgIpc) is 3.00. The Morgan fingerprint density at radius 3 is 2.70 bits per heavy atom. The molecular weight excluding hydrogens is 343 g/mol. The van der Waals surface area contributed by atoms with Gasteiger partial charge in [0.25, 0.3) is 0 Å². The number of amides is 1. The van der Waals surface area contributed by atoms with Crippen molar-refractivity contribution in [3.63, 3.8) is 0 Å². The molecule has 1 saturated heterocycles. The van der Waals surface area contributed by atoms with Crippen molar-refractivity contribution in [2.24, 2.45) is 0 Å². The fraction of sp³-hybridized carbons (Fsp3) is 0.571. The average molecular weight is 370 g/mol. The minimum atomic E-state index is -0.200. The maximum atomic E-state index is 14.0. The Morgan fingerprint density at radius 2 is 1.96 bits per heavy atom. The van der Waals surface area contributed by atoms with Crippen molar-refractivity contribution in [2.45, 2.75) is 38.3 Å². The van der Waals surface area contributed by atoms with E-state index in [-0.39, 0.29) is 11.7 Å². The molecule has 3 heterocycles. The van der Waals surface area contributed by atoms with Crippen LogP contribution >= 0.6 is 0 Å². The van der Waals surface area contributed by atoms with E-state index in [0.717, 1.165) is 56.3 Å². The van der Waals surface area contributed by atoms with Gasteiger partial charge in [0.15, 0.2) is 0 Å². The number of H-pyrrole nitrogens is 1. The van der Waals surface area contributed by atoms with E-state index >= 15 is 0 Å². The molecule has 144 valence electrons. The van der Waals surface area contributed by atoms with Crippen LogP contribution in [0.5, 0.6) is 0 Å². The van der Waals surface area contributed by atoms with Crippen molar-refractivity contribution in [2.75, 3.05) is 39.3 Å². The summed E-state index contributed by atoms with van der Waals surface area (Å²) in [4.78, 5) is 22.8. The van der Waals surface area contributed by atoms with E-state index in [4.69, 9.17) is 0 Å². The molecule has 1 saturated carbocycles. The van der Waals surface area contributed by atoms with Crippen LogP contribution in [-0.4, -0.2) is 70.9 Å². The number of nitrogens with zero attached hydrogens (tertiary/aromatic N) is 3. The first-order valence-corrected chi connectivity index (χ1v) is 10.2. The summed E-state index contributed by atoms with van der Waals surface area (Å²) in [6.07, 6.45) is 4.88. The smallest absolute Gasteiger partial charge is 0.236 e. The number of hydrogen-bond donors (Lipinski definition) is 1. The fourth-order valence-corrected chi connectivity index (χ4v) is 4.80. The number of fused-ring (bicyclic) bond motifs is 3. The number of nitrogens with one attached hydrogen (secondary N) is 1. The molecule has 27 heavy (non-hydrogen) atoms. The van der Waals surface area contributed by atoms with Crippen molar-refractivity contribution >= 4 is 16.8 Å². The quantitative estimate of drug-likeness (QED) is 0.902. The number of aromatic amines is 1. The predicted octanol–water partition coefficient (Wildman–Crippen LogP) is 2.36. The third-order valence-corrected chi connectivity index (χ3v) is 6.66. The zero-order valence-electron chi connectivity index (χ0n) is 15.7. The molecule has 1 aliphatic carbocycles. The van der Waals surface area contributed by atoms with Crippen molar-refractivity contribution in [3.05, 3.63) is 35.3 Å². The minimum absolute atomic E-state index is 0.200. The molecule has 2 fully saturated rings. The first-order chi connectivity index (χ1) is 13.2. The largest absolute Gasteiger partial charge is 0.355 e. The van der Waals surface area contributed by atoms with Gasteiger partial charge in [-0.1, -0.05) is 18.6 Å². The monoisotopic (exact) mass is 370 g/mol. The number of hydrogen-bond acceptors (Lipinski definition) is 3.